The van der Waals surface area contributed by atoms with Crippen molar-refractivity contribution < 1.29 is 4.79 Å². The lowest BCUT2D eigenvalue weighted by Gasteiger charge is -2.21. The van der Waals surface area contributed by atoms with Gasteiger partial charge < -0.3 is 10.6 Å². The molecule has 1 amide bonds. The third kappa shape index (κ3) is 7.45. The van der Waals surface area contributed by atoms with Crippen molar-refractivity contribution >= 4 is 22.8 Å². The first-order valence-corrected chi connectivity index (χ1v) is 7.86. The van der Waals surface area contributed by atoms with Crippen LogP contribution >= 0.6 is 11.8 Å². The molecule has 0 aromatic carbocycles. The number of amides is 1. The molecule has 0 aromatic heterocycles. The third-order valence-electron chi connectivity index (χ3n) is 2.66. The summed E-state index contributed by atoms with van der Waals surface area (Å²) in [4.78, 5) is 16.0. The Balaban J connectivity index is 2.20. The van der Waals surface area contributed by atoms with Gasteiger partial charge in [0, 0.05) is 11.8 Å². The van der Waals surface area contributed by atoms with Crippen LogP contribution in [0.5, 0.6) is 0 Å². The van der Waals surface area contributed by atoms with Crippen LogP contribution in [0.2, 0.25) is 0 Å². The molecule has 1 aliphatic heterocycles. The molecule has 0 radical (unpaired) electrons. The number of carbonyl (C=O) groups excluding carboxylic acids is 1. The minimum atomic E-state index is 0.0382. The Morgan fingerprint density at radius 2 is 2.16 bits per heavy atom. The van der Waals surface area contributed by atoms with E-state index in [-0.39, 0.29) is 5.91 Å². The van der Waals surface area contributed by atoms with E-state index in [2.05, 4.69) is 50.2 Å². The Morgan fingerprint density at radius 3 is 2.74 bits per heavy atom. The average molecular weight is 285 g/mol. The lowest BCUT2D eigenvalue weighted by atomic mass is 9.90. The molecule has 110 valence electrons. The summed E-state index contributed by atoms with van der Waals surface area (Å²) in [6, 6.07) is 0. The van der Waals surface area contributed by atoms with E-state index in [0.29, 0.717) is 23.1 Å². The number of aliphatic imine (C=N–C) groups is 1. The number of hydrogen-bond acceptors (Lipinski definition) is 4. The van der Waals surface area contributed by atoms with E-state index in [1.807, 2.05) is 0 Å². The number of nitrogens with zero attached hydrogens (tertiary/aromatic N) is 1. The maximum Gasteiger partial charge on any atom is 0.239 e. The Morgan fingerprint density at radius 1 is 1.47 bits per heavy atom. The molecule has 0 spiro atoms. The molecule has 0 saturated heterocycles. The smallest absolute Gasteiger partial charge is 0.239 e. The molecule has 19 heavy (non-hydrogen) atoms. The van der Waals surface area contributed by atoms with Crippen molar-refractivity contribution in [2.45, 2.75) is 46.3 Å². The molecule has 0 fully saturated rings. The normalized spacial score (nSPS) is 19.5. The zero-order valence-corrected chi connectivity index (χ0v) is 13.6. The zero-order chi connectivity index (χ0) is 14.5. The topological polar surface area (TPSA) is 53.5 Å². The Labute approximate surface area is 121 Å². The molecule has 2 N–H and O–H groups in total. The molecule has 1 aliphatic rings. The van der Waals surface area contributed by atoms with Gasteiger partial charge >= 0.3 is 0 Å². The van der Waals surface area contributed by atoms with Gasteiger partial charge in [0.1, 0.15) is 0 Å². The summed E-state index contributed by atoms with van der Waals surface area (Å²) in [5, 5.41) is 7.47. The van der Waals surface area contributed by atoms with Crippen LogP contribution in [0.15, 0.2) is 4.99 Å². The summed E-state index contributed by atoms with van der Waals surface area (Å²) >= 11 is 1.76. The second kappa shape index (κ2) is 7.17. The molecule has 5 heteroatoms. The fourth-order valence-electron chi connectivity index (χ4n) is 1.84. The largest absolute Gasteiger partial charge is 0.356 e. The van der Waals surface area contributed by atoms with Gasteiger partial charge in [-0.3, -0.25) is 9.79 Å². The van der Waals surface area contributed by atoms with E-state index in [1.54, 1.807) is 11.8 Å². The van der Waals surface area contributed by atoms with Gasteiger partial charge in [-0.2, -0.15) is 0 Å². The summed E-state index contributed by atoms with van der Waals surface area (Å²) in [5.41, 5.74) is 0.331. The van der Waals surface area contributed by atoms with E-state index in [4.69, 9.17) is 0 Å². The highest BCUT2D eigenvalue weighted by molar-refractivity contribution is 8.14. The van der Waals surface area contributed by atoms with Gasteiger partial charge in [0.15, 0.2) is 5.17 Å². The quantitative estimate of drug-likeness (QED) is 0.814. The Bertz CT molecular complexity index is 334. The van der Waals surface area contributed by atoms with Crippen LogP contribution < -0.4 is 10.6 Å². The fourth-order valence-corrected chi connectivity index (χ4v) is 3.19. The van der Waals surface area contributed by atoms with Crippen molar-refractivity contribution in [2.24, 2.45) is 16.3 Å². The Hall–Kier alpha value is -0.710. The van der Waals surface area contributed by atoms with Crippen molar-refractivity contribution in [1.29, 1.82) is 0 Å². The van der Waals surface area contributed by atoms with Crippen LogP contribution in [0.1, 0.15) is 41.0 Å². The summed E-state index contributed by atoms with van der Waals surface area (Å²) in [7, 11) is 0. The lowest BCUT2D eigenvalue weighted by molar-refractivity contribution is -0.120. The highest BCUT2D eigenvalue weighted by Gasteiger charge is 2.25. The molecule has 0 saturated carbocycles. The summed E-state index contributed by atoms with van der Waals surface area (Å²) in [6.07, 6.45) is 1.14. The first-order valence-electron chi connectivity index (χ1n) is 6.98. The molecule has 1 rings (SSSR count). The predicted molar refractivity (Wildman–Crippen MR) is 83.6 cm³/mol. The number of nitrogens with one attached hydrogen (secondary N) is 2. The molecule has 0 aromatic rings. The zero-order valence-electron chi connectivity index (χ0n) is 12.7. The van der Waals surface area contributed by atoms with Crippen molar-refractivity contribution in [2.75, 3.05) is 19.6 Å². The van der Waals surface area contributed by atoms with Gasteiger partial charge in [-0.05, 0) is 17.8 Å². The third-order valence-corrected chi connectivity index (χ3v) is 3.81. The second-order valence-electron chi connectivity index (χ2n) is 6.70. The minimum absolute atomic E-state index is 0.0382. The predicted octanol–water partition coefficient (Wildman–Crippen LogP) is 2.26. The fraction of sp³-hybridized carbons (Fsp3) is 0.857. The van der Waals surface area contributed by atoms with Gasteiger partial charge in [0.05, 0.1) is 13.1 Å². The van der Waals surface area contributed by atoms with Crippen LogP contribution in [-0.2, 0) is 4.79 Å². The Kier molecular flexibility index (Phi) is 6.17. The molecule has 1 heterocycles. The standard InChI is InChI=1S/C14H27N3OS/c1-10(2)7-15-12(18)9-17-13-16-8-11(19-13)6-14(3,4)5/h10-11H,6-9H2,1-5H3,(H,15,18)(H,16,17). The van der Waals surface area contributed by atoms with Gasteiger partial charge in [-0.1, -0.05) is 46.4 Å². The molecule has 1 atom stereocenters. The van der Waals surface area contributed by atoms with E-state index >= 15 is 0 Å². The summed E-state index contributed by atoms with van der Waals surface area (Å²) < 4.78 is 0. The van der Waals surface area contributed by atoms with Crippen LogP contribution in [0.3, 0.4) is 0 Å². The molecule has 0 bridgehead atoms. The van der Waals surface area contributed by atoms with E-state index in [0.717, 1.165) is 24.7 Å². The number of amidine groups is 1. The second-order valence-corrected chi connectivity index (χ2v) is 7.99. The SMILES string of the molecule is CC(C)CNC(=O)CNC1=NCC(CC(C)(C)C)S1. The minimum Gasteiger partial charge on any atom is -0.356 e. The monoisotopic (exact) mass is 285 g/mol. The lowest BCUT2D eigenvalue weighted by Crippen LogP contribution is -2.37. The molecule has 0 aliphatic carbocycles. The first kappa shape index (κ1) is 16.3. The van der Waals surface area contributed by atoms with E-state index < -0.39 is 0 Å². The molecular weight excluding hydrogens is 258 g/mol. The molecule has 1 unspecified atom stereocenters. The number of hydrogen-bond donors (Lipinski definition) is 2. The number of thioether (sulfide) groups is 1. The van der Waals surface area contributed by atoms with Gasteiger partial charge in [0.25, 0.3) is 0 Å². The average Bonchev–Trinajstić information content (AvgIpc) is 2.68. The summed E-state index contributed by atoms with van der Waals surface area (Å²) in [6.45, 7) is 12.8. The van der Waals surface area contributed by atoms with Crippen LogP contribution in [0, 0.1) is 11.3 Å². The maximum atomic E-state index is 11.6. The van der Waals surface area contributed by atoms with Crippen molar-refractivity contribution in [3.63, 3.8) is 0 Å². The first-order chi connectivity index (χ1) is 8.76. The van der Waals surface area contributed by atoms with E-state index in [9.17, 15) is 4.79 Å². The van der Waals surface area contributed by atoms with Crippen LogP contribution in [0.4, 0.5) is 0 Å². The molecular formula is C14H27N3OS. The number of rotatable bonds is 5. The van der Waals surface area contributed by atoms with Crippen molar-refractivity contribution in [1.82, 2.24) is 10.6 Å². The maximum absolute atomic E-state index is 11.6. The van der Waals surface area contributed by atoms with Gasteiger partial charge in [-0.15, -0.1) is 0 Å². The van der Waals surface area contributed by atoms with E-state index in [1.165, 1.54) is 0 Å². The van der Waals surface area contributed by atoms with Gasteiger partial charge in [-0.25, -0.2) is 0 Å². The van der Waals surface area contributed by atoms with Crippen molar-refractivity contribution in [3.8, 4) is 0 Å². The highest BCUT2D eigenvalue weighted by Crippen LogP contribution is 2.31. The van der Waals surface area contributed by atoms with Crippen molar-refractivity contribution in [3.05, 3.63) is 0 Å². The van der Waals surface area contributed by atoms with Crippen LogP contribution in [-0.4, -0.2) is 36.0 Å². The number of carbonyl (C=O) groups is 1. The summed E-state index contributed by atoms with van der Waals surface area (Å²) in [5.74, 6) is 0.523. The molecule has 4 nitrogen and oxygen atoms in total. The van der Waals surface area contributed by atoms with Crippen LogP contribution in [0.25, 0.3) is 0 Å². The van der Waals surface area contributed by atoms with Gasteiger partial charge in [0.2, 0.25) is 5.91 Å². The highest BCUT2D eigenvalue weighted by atomic mass is 32.2.